The minimum absolute atomic E-state index is 0.608. The second-order valence-electron chi connectivity index (χ2n) is 3.36. The Balaban J connectivity index is 2.43. The molecule has 1 nitrogen and oxygen atoms in total. The number of para-hydroxylation sites is 1. The Bertz CT molecular complexity index is 296. The summed E-state index contributed by atoms with van der Waals surface area (Å²) in [6, 6.07) is 6.99. The van der Waals surface area contributed by atoms with E-state index in [0.29, 0.717) is 6.04 Å². The van der Waals surface area contributed by atoms with E-state index < -0.39 is 0 Å². The predicted octanol–water partition coefficient (Wildman–Crippen LogP) is 3.20. The molecular weight excluding hydrogens is 214 g/mol. The molecule has 0 bridgehead atoms. The van der Waals surface area contributed by atoms with Crippen LogP contribution in [0.3, 0.4) is 0 Å². The van der Waals surface area contributed by atoms with Gasteiger partial charge in [0.2, 0.25) is 0 Å². The lowest BCUT2D eigenvalue weighted by molar-refractivity contribution is 0.680. The van der Waals surface area contributed by atoms with Crippen molar-refractivity contribution in [1.82, 2.24) is 0 Å². The van der Waals surface area contributed by atoms with Crippen LogP contribution in [-0.4, -0.2) is 6.04 Å². The predicted molar refractivity (Wildman–Crippen MR) is 55.5 cm³/mol. The monoisotopic (exact) mass is 225 g/mol. The van der Waals surface area contributed by atoms with Gasteiger partial charge in [0, 0.05) is 10.5 Å². The van der Waals surface area contributed by atoms with Gasteiger partial charge in [-0.3, -0.25) is 0 Å². The fraction of sp³-hybridized carbons (Fsp3) is 0.400. The van der Waals surface area contributed by atoms with Gasteiger partial charge in [0.15, 0.2) is 0 Å². The van der Waals surface area contributed by atoms with Gasteiger partial charge in [-0.1, -0.05) is 12.1 Å². The number of aryl methyl sites for hydroxylation is 1. The number of anilines is 1. The van der Waals surface area contributed by atoms with Crippen molar-refractivity contribution in [2.45, 2.75) is 25.8 Å². The molecule has 64 valence electrons. The van der Waals surface area contributed by atoms with Crippen LogP contribution in [0.1, 0.15) is 18.9 Å². The van der Waals surface area contributed by atoms with Gasteiger partial charge in [-0.15, -0.1) is 0 Å². The van der Waals surface area contributed by atoms with Crippen LogP contribution in [0.25, 0.3) is 0 Å². The molecule has 2 rings (SSSR count). The molecule has 0 radical (unpaired) electrons. The fourth-order valence-corrected chi connectivity index (χ4v) is 2.15. The minimum Gasteiger partial charge on any atom is -0.381 e. The van der Waals surface area contributed by atoms with Gasteiger partial charge < -0.3 is 5.32 Å². The lowest BCUT2D eigenvalue weighted by Crippen LogP contribution is -2.22. The third-order valence-corrected chi connectivity index (χ3v) is 3.00. The number of fused-ring (bicyclic) bond motifs is 1. The molecule has 1 aliphatic rings. The second kappa shape index (κ2) is 3.09. The Morgan fingerprint density at radius 3 is 3.17 bits per heavy atom. The molecule has 0 amide bonds. The van der Waals surface area contributed by atoms with Gasteiger partial charge in [-0.05, 0) is 47.3 Å². The smallest absolute Gasteiger partial charge is 0.0519 e. The molecule has 1 aliphatic heterocycles. The minimum atomic E-state index is 0.608. The van der Waals surface area contributed by atoms with Crippen LogP contribution >= 0.6 is 15.9 Å². The van der Waals surface area contributed by atoms with Crippen LogP contribution in [0.2, 0.25) is 0 Å². The van der Waals surface area contributed by atoms with Gasteiger partial charge in [-0.25, -0.2) is 0 Å². The van der Waals surface area contributed by atoms with Crippen LogP contribution in [0.4, 0.5) is 5.69 Å². The van der Waals surface area contributed by atoms with E-state index in [2.05, 4.69) is 46.4 Å². The first kappa shape index (κ1) is 8.11. The molecule has 0 aliphatic carbocycles. The van der Waals surface area contributed by atoms with Crippen molar-refractivity contribution in [3.05, 3.63) is 28.2 Å². The molecule has 2 heteroatoms. The summed E-state index contributed by atoms with van der Waals surface area (Å²) in [6.07, 6.45) is 2.44. The highest BCUT2D eigenvalue weighted by atomic mass is 79.9. The summed E-state index contributed by atoms with van der Waals surface area (Å²) in [6.45, 7) is 2.22. The van der Waals surface area contributed by atoms with Crippen LogP contribution < -0.4 is 5.32 Å². The number of hydrogen-bond donors (Lipinski definition) is 1. The average Bonchev–Trinajstić information content (AvgIpc) is 2.07. The van der Waals surface area contributed by atoms with Crippen molar-refractivity contribution in [3.8, 4) is 0 Å². The first-order valence-corrected chi connectivity index (χ1v) is 5.10. The van der Waals surface area contributed by atoms with Crippen molar-refractivity contribution >= 4 is 21.6 Å². The summed E-state index contributed by atoms with van der Waals surface area (Å²) in [4.78, 5) is 0. The Labute approximate surface area is 81.3 Å². The standard InChI is InChI=1S/C10H12BrN/c1-7-5-6-8-3-2-4-9(11)10(8)12-7/h2-4,7,12H,5-6H2,1H3/t7-/m1/s1. The molecule has 1 atom stereocenters. The van der Waals surface area contributed by atoms with Gasteiger partial charge in [0.25, 0.3) is 0 Å². The Morgan fingerprint density at radius 2 is 2.33 bits per heavy atom. The van der Waals surface area contributed by atoms with E-state index >= 15 is 0 Å². The molecule has 1 N–H and O–H groups in total. The summed E-state index contributed by atoms with van der Waals surface area (Å²) in [5.74, 6) is 0. The largest absolute Gasteiger partial charge is 0.381 e. The normalized spacial score (nSPS) is 21.3. The SMILES string of the molecule is C[C@@H]1CCc2cccc(Br)c2N1. The maximum Gasteiger partial charge on any atom is 0.0519 e. The summed E-state index contributed by atoms with van der Waals surface area (Å²) >= 11 is 3.55. The quantitative estimate of drug-likeness (QED) is 0.716. The van der Waals surface area contributed by atoms with E-state index in [1.165, 1.54) is 28.6 Å². The molecule has 0 spiro atoms. The zero-order valence-corrected chi connectivity index (χ0v) is 8.69. The van der Waals surface area contributed by atoms with Gasteiger partial charge >= 0.3 is 0 Å². The maximum absolute atomic E-state index is 3.55. The topological polar surface area (TPSA) is 12.0 Å². The van der Waals surface area contributed by atoms with Crippen molar-refractivity contribution in [2.75, 3.05) is 5.32 Å². The lowest BCUT2D eigenvalue weighted by atomic mass is 9.99. The van der Waals surface area contributed by atoms with E-state index in [0.717, 1.165) is 0 Å². The Morgan fingerprint density at radius 1 is 1.50 bits per heavy atom. The first-order valence-electron chi connectivity index (χ1n) is 4.31. The molecule has 1 aromatic carbocycles. The summed E-state index contributed by atoms with van der Waals surface area (Å²) in [5, 5.41) is 3.48. The van der Waals surface area contributed by atoms with Gasteiger partial charge in [0.1, 0.15) is 0 Å². The first-order chi connectivity index (χ1) is 5.77. The number of benzene rings is 1. The highest BCUT2D eigenvalue weighted by Gasteiger charge is 2.15. The highest BCUT2D eigenvalue weighted by Crippen LogP contribution is 2.31. The summed E-state index contributed by atoms with van der Waals surface area (Å²) < 4.78 is 1.19. The number of halogens is 1. The van der Waals surface area contributed by atoms with E-state index in [1.807, 2.05) is 0 Å². The molecule has 1 aromatic rings. The molecule has 0 saturated heterocycles. The third-order valence-electron chi connectivity index (χ3n) is 2.34. The fourth-order valence-electron chi connectivity index (χ4n) is 1.63. The van der Waals surface area contributed by atoms with Crippen molar-refractivity contribution in [3.63, 3.8) is 0 Å². The average molecular weight is 226 g/mol. The highest BCUT2D eigenvalue weighted by molar-refractivity contribution is 9.10. The van der Waals surface area contributed by atoms with Crippen LogP contribution in [0.5, 0.6) is 0 Å². The molecule has 1 heterocycles. The van der Waals surface area contributed by atoms with Crippen molar-refractivity contribution in [1.29, 1.82) is 0 Å². The van der Waals surface area contributed by atoms with E-state index in [4.69, 9.17) is 0 Å². The Kier molecular flexibility index (Phi) is 2.09. The van der Waals surface area contributed by atoms with Crippen molar-refractivity contribution in [2.24, 2.45) is 0 Å². The van der Waals surface area contributed by atoms with Crippen molar-refractivity contribution < 1.29 is 0 Å². The number of nitrogens with one attached hydrogen (secondary N) is 1. The molecular formula is C10H12BrN. The lowest BCUT2D eigenvalue weighted by Gasteiger charge is -2.24. The van der Waals surface area contributed by atoms with Crippen LogP contribution in [-0.2, 0) is 6.42 Å². The van der Waals surface area contributed by atoms with Crippen LogP contribution in [0, 0.1) is 0 Å². The molecule has 0 saturated carbocycles. The number of rotatable bonds is 0. The summed E-state index contributed by atoms with van der Waals surface area (Å²) in [7, 11) is 0. The third kappa shape index (κ3) is 1.36. The number of hydrogen-bond acceptors (Lipinski definition) is 1. The van der Waals surface area contributed by atoms with E-state index in [1.54, 1.807) is 0 Å². The summed E-state index contributed by atoms with van der Waals surface area (Å²) in [5.41, 5.74) is 2.72. The zero-order chi connectivity index (χ0) is 8.55. The molecule has 12 heavy (non-hydrogen) atoms. The second-order valence-corrected chi connectivity index (χ2v) is 4.21. The van der Waals surface area contributed by atoms with Crippen LogP contribution in [0.15, 0.2) is 22.7 Å². The molecule has 0 unspecified atom stereocenters. The van der Waals surface area contributed by atoms with Gasteiger partial charge in [-0.2, -0.15) is 0 Å². The molecule has 0 fully saturated rings. The van der Waals surface area contributed by atoms with E-state index in [9.17, 15) is 0 Å². The maximum atomic E-state index is 3.55. The molecule has 0 aromatic heterocycles. The van der Waals surface area contributed by atoms with E-state index in [-0.39, 0.29) is 0 Å². The van der Waals surface area contributed by atoms with Gasteiger partial charge in [0.05, 0.1) is 5.69 Å². The Hall–Kier alpha value is -0.500. The zero-order valence-electron chi connectivity index (χ0n) is 7.10.